The molecule has 1 heterocycles. The molecule has 0 spiro atoms. The average Bonchev–Trinajstić information content (AvgIpc) is 2.87. The van der Waals surface area contributed by atoms with Gasteiger partial charge in [0.2, 0.25) is 0 Å². The van der Waals surface area contributed by atoms with E-state index in [0.29, 0.717) is 0 Å². The first kappa shape index (κ1) is 14.1. The summed E-state index contributed by atoms with van der Waals surface area (Å²) in [5.74, 6) is 0.0546. The third kappa shape index (κ3) is 4.06. The molecule has 104 valence electrons. The number of carbonyl (C=O) groups excluding carboxylic acids is 1. The summed E-state index contributed by atoms with van der Waals surface area (Å²) in [6.45, 7) is 8.36. The molecule has 1 saturated heterocycles. The Kier molecular flexibility index (Phi) is 4.97. The van der Waals surface area contributed by atoms with Crippen molar-refractivity contribution in [3.63, 3.8) is 0 Å². The van der Waals surface area contributed by atoms with Crippen LogP contribution in [0.2, 0.25) is 0 Å². The highest BCUT2D eigenvalue weighted by molar-refractivity contribution is 5.95. The van der Waals surface area contributed by atoms with Gasteiger partial charge in [-0.3, -0.25) is 4.79 Å². The van der Waals surface area contributed by atoms with Gasteiger partial charge in [0.15, 0.2) is 0 Å². The van der Waals surface area contributed by atoms with Crippen LogP contribution in [0, 0.1) is 13.8 Å². The number of nitrogens with one attached hydrogen (secondary N) is 1. The molecule has 1 aliphatic rings. The number of rotatable bonds is 5. The second-order valence-corrected chi connectivity index (χ2v) is 5.48. The summed E-state index contributed by atoms with van der Waals surface area (Å²) in [4.78, 5) is 14.5. The Morgan fingerprint density at radius 2 is 2.00 bits per heavy atom. The molecule has 2 rings (SSSR count). The Morgan fingerprint density at radius 3 is 2.68 bits per heavy atom. The van der Waals surface area contributed by atoms with Crippen molar-refractivity contribution < 1.29 is 4.79 Å². The maximum absolute atomic E-state index is 12.0. The van der Waals surface area contributed by atoms with E-state index < -0.39 is 0 Å². The molecule has 1 aromatic carbocycles. The summed E-state index contributed by atoms with van der Waals surface area (Å²) in [5.41, 5.74) is 3.05. The zero-order valence-electron chi connectivity index (χ0n) is 12.0. The van der Waals surface area contributed by atoms with Crippen molar-refractivity contribution in [2.45, 2.75) is 33.1 Å². The number of amides is 1. The molecule has 0 saturated carbocycles. The van der Waals surface area contributed by atoms with E-state index in [-0.39, 0.29) is 5.91 Å². The van der Waals surface area contributed by atoms with Crippen molar-refractivity contribution in [1.82, 2.24) is 10.2 Å². The van der Waals surface area contributed by atoms with E-state index in [9.17, 15) is 4.79 Å². The fourth-order valence-electron chi connectivity index (χ4n) is 2.67. The third-order valence-electron chi connectivity index (χ3n) is 3.76. The smallest absolute Gasteiger partial charge is 0.251 e. The SMILES string of the molecule is Cc1ccc(C(=O)NCCCN2CCCC2)c(C)c1. The van der Waals surface area contributed by atoms with E-state index in [1.54, 1.807) is 0 Å². The number of hydrogen-bond acceptors (Lipinski definition) is 2. The van der Waals surface area contributed by atoms with Gasteiger partial charge in [0.25, 0.3) is 5.91 Å². The lowest BCUT2D eigenvalue weighted by atomic mass is 10.1. The molecule has 3 nitrogen and oxygen atoms in total. The van der Waals surface area contributed by atoms with Crippen molar-refractivity contribution in [3.8, 4) is 0 Å². The van der Waals surface area contributed by atoms with Crippen LogP contribution in [0.5, 0.6) is 0 Å². The van der Waals surface area contributed by atoms with Gasteiger partial charge in [-0.2, -0.15) is 0 Å². The van der Waals surface area contributed by atoms with Gasteiger partial charge in [-0.15, -0.1) is 0 Å². The second-order valence-electron chi connectivity index (χ2n) is 5.48. The van der Waals surface area contributed by atoms with E-state index >= 15 is 0 Å². The standard InChI is InChI=1S/C16H24N2O/c1-13-6-7-15(14(2)12-13)16(19)17-8-5-11-18-9-3-4-10-18/h6-7,12H,3-5,8-11H2,1-2H3,(H,17,19). The first-order valence-corrected chi connectivity index (χ1v) is 7.24. The van der Waals surface area contributed by atoms with Crippen LogP contribution in [-0.4, -0.2) is 37.0 Å². The molecule has 19 heavy (non-hydrogen) atoms. The minimum Gasteiger partial charge on any atom is -0.352 e. The van der Waals surface area contributed by atoms with Gasteiger partial charge in [0.05, 0.1) is 0 Å². The molecule has 1 aromatic rings. The van der Waals surface area contributed by atoms with E-state index in [1.807, 2.05) is 26.0 Å². The van der Waals surface area contributed by atoms with Crippen LogP contribution in [-0.2, 0) is 0 Å². The molecule has 0 aliphatic carbocycles. The molecular weight excluding hydrogens is 236 g/mol. The Morgan fingerprint density at radius 1 is 1.26 bits per heavy atom. The largest absolute Gasteiger partial charge is 0.352 e. The normalized spacial score (nSPS) is 15.7. The lowest BCUT2D eigenvalue weighted by Gasteiger charge is -2.14. The predicted molar refractivity (Wildman–Crippen MR) is 78.5 cm³/mol. The number of nitrogens with zero attached hydrogens (tertiary/aromatic N) is 1. The van der Waals surface area contributed by atoms with Gasteiger partial charge < -0.3 is 10.2 Å². The summed E-state index contributed by atoms with van der Waals surface area (Å²) in [6.07, 6.45) is 3.69. The van der Waals surface area contributed by atoms with Crippen LogP contribution in [0.25, 0.3) is 0 Å². The van der Waals surface area contributed by atoms with Crippen LogP contribution in [0.3, 0.4) is 0 Å². The van der Waals surface area contributed by atoms with Gasteiger partial charge in [-0.25, -0.2) is 0 Å². The van der Waals surface area contributed by atoms with Crippen LogP contribution in [0.4, 0.5) is 0 Å². The number of aryl methyl sites for hydroxylation is 2. The molecule has 3 heteroatoms. The van der Waals surface area contributed by atoms with Crippen molar-refractivity contribution in [2.75, 3.05) is 26.2 Å². The minimum atomic E-state index is 0.0546. The summed E-state index contributed by atoms with van der Waals surface area (Å²) >= 11 is 0. The number of benzene rings is 1. The fraction of sp³-hybridized carbons (Fsp3) is 0.562. The van der Waals surface area contributed by atoms with Crippen molar-refractivity contribution >= 4 is 5.91 Å². The monoisotopic (exact) mass is 260 g/mol. The number of hydrogen-bond donors (Lipinski definition) is 1. The highest BCUT2D eigenvalue weighted by Gasteiger charge is 2.11. The van der Waals surface area contributed by atoms with E-state index in [1.165, 1.54) is 31.5 Å². The zero-order chi connectivity index (χ0) is 13.7. The highest BCUT2D eigenvalue weighted by atomic mass is 16.1. The molecule has 1 N–H and O–H groups in total. The Bertz CT molecular complexity index is 436. The fourth-order valence-corrected chi connectivity index (χ4v) is 2.67. The van der Waals surface area contributed by atoms with E-state index in [0.717, 1.165) is 30.6 Å². The molecule has 0 bridgehead atoms. The lowest BCUT2D eigenvalue weighted by molar-refractivity contribution is 0.0951. The van der Waals surface area contributed by atoms with Gasteiger partial charge in [0.1, 0.15) is 0 Å². The molecule has 0 atom stereocenters. The quantitative estimate of drug-likeness (QED) is 0.825. The molecule has 0 unspecified atom stereocenters. The van der Waals surface area contributed by atoms with Crippen LogP contribution in [0.1, 0.15) is 40.7 Å². The van der Waals surface area contributed by atoms with Crippen molar-refractivity contribution in [2.24, 2.45) is 0 Å². The lowest BCUT2D eigenvalue weighted by Crippen LogP contribution is -2.29. The van der Waals surface area contributed by atoms with Crippen molar-refractivity contribution in [1.29, 1.82) is 0 Å². The van der Waals surface area contributed by atoms with Gasteiger partial charge in [-0.1, -0.05) is 17.7 Å². The Hall–Kier alpha value is -1.35. The topological polar surface area (TPSA) is 32.3 Å². The molecule has 1 amide bonds. The summed E-state index contributed by atoms with van der Waals surface area (Å²) in [6, 6.07) is 5.96. The highest BCUT2D eigenvalue weighted by Crippen LogP contribution is 2.10. The third-order valence-corrected chi connectivity index (χ3v) is 3.76. The number of likely N-dealkylation sites (tertiary alicyclic amines) is 1. The maximum atomic E-state index is 12.0. The van der Waals surface area contributed by atoms with Crippen molar-refractivity contribution in [3.05, 3.63) is 34.9 Å². The van der Waals surface area contributed by atoms with Crippen LogP contribution >= 0.6 is 0 Å². The Balaban J connectivity index is 1.74. The maximum Gasteiger partial charge on any atom is 0.251 e. The first-order chi connectivity index (χ1) is 9.16. The molecular formula is C16H24N2O. The number of carbonyl (C=O) groups is 1. The molecule has 0 radical (unpaired) electrons. The molecule has 1 aliphatic heterocycles. The van der Waals surface area contributed by atoms with Crippen LogP contribution < -0.4 is 5.32 Å². The first-order valence-electron chi connectivity index (χ1n) is 7.24. The van der Waals surface area contributed by atoms with Gasteiger partial charge in [0, 0.05) is 12.1 Å². The van der Waals surface area contributed by atoms with Gasteiger partial charge in [-0.05, 0) is 64.4 Å². The van der Waals surface area contributed by atoms with Crippen LogP contribution in [0.15, 0.2) is 18.2 Å². The Labute approximate surface area is 116 Å². The summed E-state index contributed by atoms with van der Waals surface area (Å²) in [5, 5.41) is 3.02. The summed E-state index contributed by atoms with van der Waals surface area (Å²) in [7, 11) is 0. The second kappa shape index (κ2) is 6.71. The zero-order valence-corrected chi connectivity index (χ0v) is 12.0. The minimum absolute atomic E-state index is 0.0546. The van der Waals surface area contributed by atoms with E-state index in [2.05, 4.69) is 16.3 Å². The van der Waals surface area contributed by atoms with E-state index in [4.69, 9.17) is 0 Å². The average molecular weight is 260 g/mol. The summed E-state index contributed by atoms with van der Waals surface area (Å²) < 4.78 is 0. The predicted octanol–water partition coefficient (Wildman–Crippen LogP) is 2.52. The van der Waals surface area contributed by atoms with Gasteiger partial charge >= 0.3 is 0 Å². The molecule has 1 fully saturated rings. The molecule has 0 aromatic heterocycles.